The molecular weight excluding hydrogens is 528 g/mol. The van der Waals surface area contributed by atoms with Crippen LogP contribution in [-0.2, 0) is 32.0 Å². The highest BCUT2D eigenvalue weighted by Gasteiger charge is 2.58. The van der Waals surface area contributed by atoms with Crippen LogP contribution in [0.25, 0.3) is 0 Å². The molecule has 4 aliphatic rings. The maximum Gasteiger partial charge on any atom is 0.417 e. The van der Waals surface area contributed by atoms with Crippen molar-refractivity contribution in [3.05, 3.63) is 29.3 Å². The van der Waals surface area contributed by atoms with E-state index in [1.165, 1.54) is 0 Å². The Balaban J connectivity index is 1.57. The Labute approximate surface area is 209 Å². The third kappa shape index (κ3) is 5.06. The van der Waals surface area contributed by atoms with Gasteiger partial charge in [-0.15, -0.1) is 0 Å². The molecule has 37 heavy (non-hydrogen) atoms. The molecule has 2 amide bonds. The molecule has 0 aromatic heterocycles. The summed E-state index contributed by atoms with van der Waals surface area (Å²) >= 11 is 0. The minimum atomic E-state index is -5.27. The quantitative estimate of drug-likeness (QED) is 0.465. The molecule has 2 unspecified atom stereocenters. The summed E-state index contributed by atoms with van der Waals surface area (Å²) in [5.74, 6) is -1.09. The average Bonchev–Trinajstić information content (AvgIpc) is 2.73. The Morgan fingerprint density at radius 2 is 1.54 bits per heavy atom. The molecule has 0 spiro atoms. The first kappa shape index (κ1) is 27.7. The SMILES string of the molecule is CC(C)(NS(=O)(=O)c1cc(C(F)(F)F)ccc1C(F)(F)F)C(=O)NC1C2CC3CC1CC(C(N)=O)(C3)C2. The van der Waals surface area contributed by atoms with E-state index < -0.39 is 55.3 Å². The third-order valence-corrected chi connectivity index (χ3v) is 9.65. The van der Waals surface area contributed by atoms with Crippen LogP contribution in [0.15, 0.2) is 23.1 Å². The van der Waals surface area contributed by atoms with Crippen LogP contribution in [0, 0.1) is 23.2 Å². The van der Waals surface area contributed by atoms with Gasteiger partial charge < -0.3 is 11.1 Å². The van der Waals surface area contributed by atoms with Gasteiger partial charge in [-0.3, -0.25) is 9.59 Å². The van der Waals surface area contributed by atoms with Crippen LogP contribution in [-0.4, -0.2) is 31.8 Å². The molecule has 0 aliphatic heterocycles. The molecule has 1 aromatic rings. The van der Waals surface area contributed by atoms with Gasteiger partial charge in [0.25, 0.3) is 0 Å². The molecule has 4 N–H and O–H groups in total. The van der Waals surface area contributed by atoms with Crippen molar-refractivity contribution in [3.63, 3.8) is 0 Å². The second-order valence-electron chi connectivity index (χ2n) is 11.1. The van der Waals surface area contributed by atoms with Crippen molar-refractivity contribution in [1.82, 2.24) is 10.0 Å². The monoisotopic (exact) mass is 555 g/mol. The lowest BCUT2D eigenvalue weighted by atomic mass is 9.47. The van der Waals surface area contributed by atoms with Gasteiger partial charge in [-0.1, -0.05) is 0 Å². The molecule has 0 heterocycles. The van der Waals surface area contributed by atoms with Crippen molar-refractivity contribution in [2.24, 2.45) is 28.9 Å². The molecular formula is C23H27F6N3O4S. The second kappa shape index (κ2) is 8.58. The summed E-state index contributed by atoms with van der Waals surface area (Å²) in [6.07, 6.45) is -7.21. The molecule has 1 aromatic carbocycles. The Morgan fingerprint density at radius 3 is 2.03 bits per heavy atom. The molecule has 4 bridgehead atoms. The van der Waals surface area contributed by atoms with Crippen LogP contribution in [0.4, 0.5) is 26.3 Å². The lowest BCUT2D eigenvalue weighted by molar-refractivity contribution is -0.148. The normalized spacial score (nSPS) is 29.8. The van der Waals surface area contributed by atoms with Gasteiger partial charge in [-0.25, -0.2) is 8.42 Å². The van der Waals surface area contributed by atoms with E-state index in [1.54, 1.807) is 0 Å². The number of rotatable bonds is 6. The van der Waals surface area contributed by atoms with E-state index in [4.69, 9.17) is 5.73 Å². The maximum atomic E-state index is 13.5. The molecule has 14 heteroatoms. The first-order chi connectivity index (χ1) is 16.8. The minimum Gasteiger partial charge on any atom is -0.369 e. The summed E-state index contributed by atoms with van der Waals surface area (Å²) in [5.41, 5.74) is -0.355. The highest BCUT2D eigenvalue weighted by molar-refractivity contribution is 7.89. The van der Waals surface area contributed by atoms with Gasteiger partial charge in [0.1, 0.15) is 5.54 Å². The van der Waals surface area contributed by atoms with Gasteiger partial charge in [0, 0.05) is 11.5 Å². The van der Waals surface area contributed by atoms with Crippen LogP contribution in [0.1, 0.15) is 57.1 Å². The number of carbonyl (C=O) groups excluding carboxylic acids is 2. The summed E-state index contributed by atoms with van der Waals surface area (Å²) in [7, 11) is -5.23. The van der Waals surface area contributed by atoms with Gasteiger partial charge >= 0.3 is 12.4 Å². The van der Waals surface area contributed by atoms with Crippen LogP contribution in [0.5, 0.6) is 0 Å². The lowest BCUT2D eigenvalue weighted by Gasteiger charge is -2.59. The number of primary amides is 1. The molecule has 4 aliphatic carbocycles. The molecule has 2 atom stereocenters. The topological polar surface area (TPSA) is 118 Å². The van der Waals surface area contributed by atoms with Crippen LogP contribution in [0.3, 0.4) is 0 Å². The zero-order valence-electron chi connectivity index (χ0n) is 20.0. The number of nitrogens with one attached hydrogen (secondary N) is 2. The van der Waals surface area contributed by atoms with Crippen molar-refractivity contribution in [1.29, 1.82) is 0 Å². The highest BCUT2D eigenvalue weighted by Crippen LogP contribution is 2.60. The Kier molecular flexibility index (Phi) is 6.42. The fourth-order valence-corrected chi connectivity index (χ4v) is 8.12. The van der Waals surface area contributed by atoms with E-state index >= 15 is 0 Å². The van der Waals surface area contributed by atoms with E-state index in [2.05, 4.69) is 5.32 Å². The van der Waals surface area contributed by atoms with Gasteiger partial charge in [0.2, 0.25) is 21.8 Å². The lowest BCUT2D eigenvalue weighted by Crippen LogP contribution is -2.65. The van der Waals surface area contributed by atoms with Gasteiger partial charge in [-0.05, 0) is 81.9 Å². The van der Waals surface area contributed by atoms with Crippen molar-refractivity contribution < 1.29 is 44.3 Å². The number of carbonyl (C=O) groups is 2. The third-order valence-electron chi connectivity index (χ3n) is 7.95. The van der Waals surface area contributed by atoms with Crippen LogP contribution >= 0.6 is 0 Å². The van der Waals surface area contributed by atoms with Crippen LogP contribution in [0.2, 0.25) is 0 Å². The molecule has 4 fully saturated rings. The number of hydrogen-bond donors (Lipinski definition) is 3. The standard InChI is InChI=1S/C23H27F6N3O4S/c1-20(2,19(34)31-17-12-5-11-6-13(17)10-21(8-11,9-12)18(30)33)32-37(35,36)16-7-14(22(24,25)26)3-4-15(16)23(27,28)29/h3-4,7,11-13,17,32H,5-6,8-10H2,1-2H3,(H2,30,33)(H,31,34). The maximum absolute atomic E-state index is 13.5. The van der Waals surface area contributed by atoms with Crippen molar-refractivity contribution in [2.45, 2.75) is 74.8 Å². The zero-order valence-corrected chi connectivity index (χ0v) is 20.8. The first-order valence-electron chi connectivity index (χ1n) is 11.7. The van der Waals surface area contributed by atoms with Crippen molar-refractivity contribution in [2.75, 3.05) is 0 Å². The predicted molar refractivity (Wildman–Crippen MR) is 118 cm³/mol. The average molecular weight is 556 g/mol. The number of sulfonamides is 1. The molecule has 0 radical (unpaired) electrons. The summed E-state index contributed by atoms with van der Waals surface area (Å²) in [6, 6.07) is -0.293. The summed E-state index contributed by atoms with van der Waals surface area (Å²) in [6.45, 7) is 2.23. The molecule has 7 nitrogen and oxygen atoms in total. The van der Waals surface area contributed by atoms with Crippen molar-refractivity contribution >= 4 is 21.8 Å². The summed E-state index contributed by atoms with van der Waals surface area (Å²) in [4.78, 5) is 23.6. The van der Waals surface area contributed by atoms with Gasteiger partial charge in [-0.2, -0.15) is 31.1 Å². The smallest absolute Gasteiger partial charge is 0.369 e. The fraction of sp³-hybridized carbons (Fsp3) is 0.652. The number of nitrogens with two attached hydrogens (primary N) is 1. The number of hydrogen-bond acceptors (Lipinski definition) is 4. The summed E-state index contributed by atoms with van der Waals surface area (Å²) < 4.78 is 108. The zero-order chi connectivity index (χ0) is 27.8. The largest absolute Gasteiger partial charge is 0.417 e. The fourth-order valence-electron chi connectivity index (χ4n) is 6.49. The number of halogens is 6. The number of alkyl halides is 6. The predicted octanol–water partition coefficient (Wildman–Crippen LogP) is 3.58. The molecule has 5 rings (SSSR count). The molecule has 206 valence electrons. The first-order valence-corrected chi connectivity index (χ1v) is 13.2. The summed E-state index contributed by atoms with van der Waals surface area (Å²) in [5, 5.41) is 2.79. The van der Waals surface area contributed by atoms with E-state index in [-0.39, 0.29) is 47.9 Å². The molecule has 0 saturated heterocycles. The Bertz CT molecular complexity index is 1210. The number of amides is 2. The van der Waals surface area contributed by atoms with Crippen molar-refractivity contribution in [3.8, 4) is 0 Å². The number of benzene rings is 1. The Morgan fingerprint density at radius 1 is 0.973 bits per heavy atom. The van der Waals surface area contributed by atoms with E-state index in [0.717, 1.165) is 26.7 Å². The van der Waals surface area contributed by atoms with E-state index in [1.807, 2.05) is 4.72 Å². The van der Waals surface area contributed by atoms with E-state index in [0.29, 0.717) is 19.3 Å². The second-order valence-corrected chi connectivity index (χ2v) is 12.7. The molecule has 4 saturated carbocycles. The van der Waals surface area contributed by atoms with Gasteiger partial charge in [0.15, 0.2) is 0 Å². The van der Waals surface area contributed by atoms with Gasteiger partial charge in [0.05, 0.1) is 16.0 Å². The van der Waals surface area contributed by atoms with E-state index in [9.17, 15) is 44.3 Å². The van der Waals surface area contributed by atoms with Crippen LogP contribution < -0.4 is 15.8 Å². The Hall–Kier alpha value is -2.35. The minimum absolute atomic E-state index is 0.0492. The highest BCUT2D eigenvalue weighted by atomic mass is 32.2.